The first-order chi connectivity index (χ1) is 8.75. The van der Waals surface area contributed by atoms with Gasteiger partial charge in [0.2, 0.25) is 5.91 Å². The van der Waals surface area contributed by atoms with Gasteiger partial charge in [-0.3, -0.25) is 4.79 Å². The highest BCUT2D eigenvalue weighted by Gasteiger charge is 2.29. The van der Waals surface area contributed by atoms with Crippen LogP contribution in [0.5, 0.6) is 0 Å². The van der Waals surface area contributed by atoms with Crippen LogP contribution in [-0.4, -0.2) is 23.7 Å². The SMILES string of the molecule is CC(C)C(O)CNC(=O)C(C)(C)c1ccc(Cl)cc1. The number of halogens is 1. The lowest BCUT2D eigenvalue weighted by atomic mass is 9.83. The van der Waals surface area contributed by atoms with Gasteiger partial charge in [-0.25, -0.2) is 0 Å². The normalized spacial score (nSPS) is 13.4. The average molecular weight is 284 g/mol. The number of carbonyl (C=O) groups excluding carboxylic acids is 1. The van der Waals surface area contributed by atoms with E-state index in [1.165, 1.54) is 0 Å². The lowest BCUT2D eigenvalue weighted by Crippen LogP contribution is -2.44. The van der Waals surface area contributed by atoms with E-state index < -0.39 is 11.5 Å². The van der Waals surface area contributed by atoms with Crippen molar-refractivity contribution < 1.29 is 9.90 Å². The minimum absolute atomic E-state index is 0.102. The molecule has 1 atom stereocenters. The predicted molar refractivity (Wildman–Crippen MR) is 78.3 cm³/mol. The summed E-state index contributed by atoms with van der Waals surface area (Å²) in [6.45, 7) is 7.82. The maximum absolute atomic E-state index is 12.2. The molecule has 2 N–H and O–H groups in total. The van der Waals surface area contributed by atoms with Gasteiger partial charge in [-0.05, 0) is 37.5 Å². The summed E-state index contributed by atoms with van der Waals surface area (Å²) in [6.07, 6.45) is -0.523. The van der Waals surface area contributed by atoms with E-state index in [1.807, 2.05) is 39.8 Å². The Morgan fingerprint density at radius 3 is 2.32 bits per heavy atom. The fourth-order valence-corrected chi connectivity index (χ4v) is 1.78. The Kier molecular flexibility index (Phi) is 5.39. The smallest absolute Gasteiger partial charge is 0.230 e. The van der Waals surface area contributed by atoms with Gasteiger partial charge in [0.25, 0.3) is 0 Å². The van der Waals surface area contributed by atoms with E-state index in [0.29, 0.717) is 5.02 Å². The third-order valence-corrected chi connectivity index (χ3v) is 3.63. The van der Waals surface area contributed by atoms with Gasteiger partial charge in [0.1, 0.15) is 0 Å². The van der Waals surface area contributed by atoms with E-state index in [0.717, 1.165) is 5.56 Å². The minimum atomic E-state index is -0.651. The fraction of sp³-hybridized carbons (Fsp3) is 0.533. The van der Waals surface area contributed by atoms with Crippen LogP contribution < -0.4 is 5.32 Å². The third kappa shape index (κ3) is 4.22. The van der Waals surface area contributed by atoms with Crippen LogP contribution in [0.3, 0.4) is 0 Å². The van der Waals surface area contributed by atoms with Gasteiger partial charge in [-0.2, -0.15) is 0 Å². The zero-order valence-electron chi connectivity index (χ0n) is 11.9. The molecule has 1 aromatic rings. The minimum Gasteiger partial charge on any atom is -0.391 e. The molecule has 0 saturated carbocycles. The van der Waals surface area contributed by atoms with E-state index >= 15 is 0 Å². The van der Waals surface area contributed by atoms with Gasteiger partial charge in [0.05, 0.1) is 11.5 Å². The highest BCUT2D eigenvalue weighted by molar-refractivity contribution is 6.30. The average Bonchev–Trinajstić information content (AvgIpc) is 2.35. The van der Waals surface area contributed by atoms with Gasteiger partial charge < -0.3 is 10.4 Å². The molecule has 0 aliphatic carbocycles. The Morgan fingerprint density at radius 1 is 1.32 bits per heavy atom. The first kappa shape index (κ1) is 16.0. The number of aliphatic hydroxyl groups is 1. The van der Waals surface area contributed by atoms with Crippen LogP contribution in [0.1, 0.15) is 33.3 Å². The summed E-state index contributed by atoms with van der Waals surface area (Å²) in [5, 5.41) is 13.2. The third-order valence-electron chi connectivity index (χ3n) is 3.37. The number of hydrogen-bond donors (Lipinski definition) is 2. The quantitative estimate of drug-likeness (QED) is 0.873. The molecule has 0 aliphatic rings. The molecule has 1 aromatic carbocycles. The number of aliphatic hydroxyl groups excluding tert-OH is 1. The zero-order valence-corrected chi connectivity index (χ0v) is 12.7. The summed E-state index contributed by atoms with van der Waals surface area (Å²) >= 11 is 5.85. The van der Waals surface area contributed by atoms with Crippen LogP contribution in [0.25, 0.3) is 0 Å². The van der Waals surface area contributed by atoms with E-state index in [9.17, 15) is 9.90 Å². The van der Waals surface area contributed by atoms with Gasteiger partial charge >= 0.3 is 0 Å². The van der Waals surface area contributed by atoms with E-state index in [-0.39, 0.29) is 18.4 Å². The second-order valence-electron chi connectivity index (χ2n) is 5.65. The molecule has 4 heteroatoms. The zero-order chi connectivity index (χ0) is 14.6. The molecule has 1 unspecified atom stereocenters. The Balaban J connectivity index is 2.71. The highest BCUT2D eigenvalue weighted by Crippen LogP contribution is 2.24. The first-order valence-electron chi connectivity index (χ1n) is 6.47. The number of amides is 1. The Bertz CT molecular complexity index is 426. The van der Waals surface area contributed by atoms with Crippen LogP contribution in [-0.2, 0) is 10.2 Å². The maximum Gasteiger partial charge on any atom is 0.230 e. The number of benzene rings is 1. The summed E-state index contributed by atoms with van der Waals surface area (Å²) in [5.74, 6) is 0.0217. The summed E-state index contributed by atoms with van der Waals surface area (Å²) in [7, 11) is 0. The predicted octanol–water partition coefficient (Wildman–Crippen LogP) is 2.75. The molecule has 1 rings (SSSR count). The van der Waals surface area contributed by atoms with Crippen LogP contribution in [0.4, 0.5) is 0 Å². The number of carbonyl (C=O) groups is 1. The Hall–Kier alpha value is -1.06. The van der Waals surface area contributed by atoms with Crippen molar-refractivity contribution in [2.45, 2.75) is 39.2 Å². The van der Waals surface area contributed by atoms with Crippen molar-refractivity contribution in [3.05, 3.63) is 34.9 Å². The van der Waals surface area contributed by atoms with E-state index in [4.69, 9.17) is 11.6 Å². The maximum atomic E-state index is 12.2. The molecule has 19 heavy (non-hydrogen) atoms. The molecule has 0 heterocycles. The lowest BCUT2D eigenvalue weighted by molar-refractivity contribution is -0.126. The molecule has 0 saturated heterocycles. The molecule has 0 aromatic heterocycles. The number of nitrogens with one attached hydrogen (secondary N) is 1. The molecular formula is C15H22ClNO2. The molecular weight excluding hydrogens is 262 g/mol. The topological polar surface area (TPSA) is 49.3 Å². The monoisotopic (exact) mass is 283 g/mol. The molecule has 3 nitrogen and oxygen atoms in total. The second kappa shape index (κ2) is 6.40. The molecule has 0 bridgehead atoms. The van der Waals surface area contributed by atoms with Crippen LogP contribution >= 0.6 is 11.6 Å². The number of hydrogen-bond acceptors (Lipinski definition) is 2. The second-order valence-corrected chi connectivity index (χ2v) is 6.09. The van der Waals surface area contributed by atoms with Gasteiger partial charge in [-0.1, -0.05) is 37.6 Å². The van der Waals surface area contributed by atoms with Gasteiger partial charge in [-0.15, -0.1) is 0 Å². The van der Waals surface area contributed by atoms with Crippen molar-refractivity contribution in [1.29, 1.82) is 0 Å². The Morgan fingerprint density at radius 2 is 1.84 bits per heavy atom. The van der Waals surface area contributed by atoms with E-state index in [2.05, 4.69) is 5.32 Å². The molecule has 0 fully saturated rings. The van der Waals surface area contributed by atoms with Gasteiger partial charge in [0, 0.05) is 11.6 Å². The van der Waals surface area contributed by atoms with Crippen molar-refractivity contribution >= 4 is 17.5 Å². The molecule has 1 amide bonds. The first-order valence-corrected chi connectivity index (χ1v) is 6.85. The molecule has 106 valence electrons. The summed E-state index contributed by atoms with van der Waals surface area (Å²) in [5.41, 5.74) is 0.245. The highest BCUT2D eigenvalue weighted by atomic mass is 35.5. The van der Waals surface area contributed by atoms with Crippen LogP contribution in [0, 0.1) is 5.92 Å². The summed E-state index contributed by atoms with van der Waals surface area (Å²) in [6, 6.07) is 7.24. The standard InChI is InChI=1S/C15H22ClNO2/c1-10(2)13(18)9-17-14(19)15(3,4)11-5-7-12(16)8-6-11/h5-8,10,13,18H,9H2,1-4H3,(H,17,19). The number of rotatable bonds is 5. The van der Waals surface area contributed by atoms with Crippen LogP contribution in [0.15, 0.2) is 24.3 Å². The molecule has 0 radical (unpaired) electrons. The largest absolute Gasteiger partial charge is 0.391 e. The summed E-state index contributed by atoms with van der Waals surface area (Å²) in [4.78, 5) is 12.2. The van der Waals surface area contributed by atoms with Crippen LogP contribution in [0.2, 0.25) is 5.02 Å². The van der Waals surface area contributed by atoms with Crippen molar-refractivity contribution in [1.82, 2.24) is 5.32 Å². The van der Waals surface area contributed by atoms with Crippen molar-refractivity contribution in [3.8, 4) is 0 Å². The lowest BCUT2D eigenvalue weighted by Gasteiger charge is -2.25. The molecule has 0 aliphatic heterocycles. The molecule has 0 spiro atoms. The fourth-order valence-electron chi connectivity index (χ4n) is 1.65. The van der Waals surface area contributed by atoms with Gasteiger partial charge in [0.15, 0.2) is 0 Å². The summed E-state index contributed by atoms with van der Waals surface area (Å²) < 4.78 is 0. The Labute approximate surface area is 120 Å². The van der Waals surface area contributed by atoms with Crippen molar-refractivity contribution in [3.63, 3.8) is 0 Å². The van der Waals surface area contributed by atoms with E-state index in [1.54, 1.807) is 12.1 Å². The van der Waals surface area contributed by atoms with Crippen molar-refractivity contribution in [2.24, 2.45) is 5.92 Å². The van der Waals surface area contributed by atoms with Crippen molar-refractivity contribution in [2.75, 3.05) is 6.54 Å².